The lowest BCUT2D eigenvalue weighted by atomic mass is 10.0. The first kappa shape index (κ1) is 23.1. The number of fused-ring (bicyclic) bond motifs is 1. The highest BCUT2D eigenvalue weighted by atomic mass is 79.9. The number of nitrogens with zero attached hydrogens (tertiary/aromatic N) is 3. The second-order valence-electron chi connectivity index (χ2n) is 5.94. The van der Waals surface area contributed by atoms with Gasteiger partial charge in [0.2, 0.25) is 0 Å². The average Bonchev–Trinajstić information content (AvgIpc) is 3.03. The Bertz CT molecular complexity index is 1070. The van der Waals surface area contributed by atoms with Gasteiger partial charge in [0.1, 0.15) is 32.4 Å². The van der Waals surface area contributed by atoms with E-state index in [1.807, 2.05) is 0 Å². The van der Waals surface area contributed by atoms with Crippen molar-refractivity contribution in [3.05, 3.63) is 31.6 Å². The summed E-state index contributed by atoms with van der Waals surface area (Å²) in [6.07, 6.45) is 1.30. The number of halogens is 1. The smallest absolute Gasteiger partial charge is 0.353 e. The largest absolute Gasteiger partial charge is 0.477 e. The molecule has 2 aliphatic heterocycles. The Labute approximate surface area is 195 Å². The summed E-state index contributed by atoms with van der Waals surface area (Å²) in [6, 6.07) is -1.02. The molecule has 31 heavy (non-hydrogen) atoms. The third-order valence-corrected chi connectivity index (χ3v) is 7.91. The van der Waals surface area contributed by atoms with E-state index < -0.39 is 34.9 Å². The molecule has 1 aromatic rings. The molecule has 0 spiro atoms. The van der Waals surface area contributed by atoms with Crippen molar-refractivity contribution < 1.29 is 24.7 Å². The maximum absolute atomic E-state index is 12.7. The maximum atomic E-state index is 12.7. The minimum atomic E-state index is -1.29. The molecule has 2 atom stereocenters. The van der Waals surface area contributed by atoms with E-state index in [1.54, 1.807) is 0 Å². The van der Waals surface area contributed by atoms with Crippen molar-refractivity contribution in [1.82, 2.24) is 15.2 Å². The van der Waals surface area contributed by atoms with Gasteiger partial charge in [-0.1, -0.05) is 28.3 Å². The molecular formula is C15H14BrN7O5S3. The topological polar surface area (TPSA) is 208 Å². The highest BCUT2D eigenvalue weighted by molar-refractivity contribution is 9.11. The van der Waals surface area contributed by atoms with E-state index in [0.29, 0.717) is 8.69 Å². The van der Waals surface area contributed by atoms with Crippen LogP contribution in [-0.4, -0.2) is 66.7 Å². The molecule has 1 fully saturated rings. The molecule has 12 nitrogen and oxygen atoms in total. The van der Waals surface area contributed by atoms with Crippen LogP contribution in [0.2, 0.25) is 0 Å². The fraction of sp³-hybridized carbons (Fsp3) is 0.200. The zero-order valence-electron chi connectivity index (χ0n) is 15.2. The van der Waals surface area contributed by atoms with Gasteiger partial charge in [-0.25, -0.2) is 9.78 Å². The molecule has 0 saturated carbocycles. The third kappa shape index (κ3) is 4.56. The number of oxime groups is 1. The van der Waals surface area contributed by atoms with Gasteiger partial charge in [0, 0.05) is 10.7 Å². The fourth-order valence-corrected chi connectivity index (χ4v) is 6.42. The van der Waals surface area contributed by atoms with Crippen LogP contribution in [0.15, 0.2) is 31.0 Å². The van der Waals surface area contributed by atoms with Crippen molar-refractivity contribution >= 4 is 85.3 Å². The first-order valence-electron chi connectivity index (χ1n) is 8.19. The molecule has 0 aliphatic carbocycles. The van der Waals surface area contributed by atoms with Crippen LogP contribution in [-0.2, 0) is 14.4 Å². The number of thioether (sulfide) groups is 2. The van der Waals surface area contributed by atoms with Gasteiger partial charge in [0.25, 0.3) is 11.8 Å². The predicted octanol–water partition coefficient (Wildman–Crippen LogP) is 0.545. The van der Waals surface area contributed by atoms with Crippen molar-refractivity contribution in [2.45, 2.75) is 11.4 Å². The van der Waals surface area contributed by atoms with E-state index in [4.69, 9.17) is 16.9 Å². The Morgan fingerprint density at radius 1 is 1.48 bits per heavy atom. The monoisotopic (exact) mass is 547 g/mol. The third-order valence-electron chi connectivity index (χ3n) is 4.02. The van der Waals surface area contributed by atoms with E-state index >= 15 is 0 Å². The number of hydrogen-bond donors (Lipinski definition) is 6. The number of hydrogen-bond acceptors (Lipinski definition) is 11. The molecule has 1 aromatic heterocycles. The number of thiazole rings is 1. The highest BCUT2D eigenvalue weighted by Gasteiger charge is 2.54. The van der Waals surface area contributed by atoms with E-state index in [1.165, 1.54) is 23.2 Å². The zero-order valence-corrected chi connectivity index (χ0v) is 19.3. The summed E-state index contributed by atoms with van der Waals surface area (Å²) in [6.45, 7) is 0. The van der Waals surface area contributed by atoms with Crippen LogP contribution >= 0.6 is 50.8 Å². The number of anilines is 1. The molecule has 164 valence electrons. The van der Waals surface area contributed by atoms with E-state index in [0.717, 1.165) is 28.0 Å². The van der Waals surface area contributed by atoms with Crippen molar-refractivity contribution in [2.75, 3.05) is 11.5 Å². The van der Waals surface area contributed by atoms with Crippen molar-refractivity contribution in [3.63, 3.8) is 0 Å². The minimum absolute atomic E-state index is 0.0180. The number of amides is 2. The summed E-state index contributed by atoms with van der Waals surface area (Å²) in [7, 11) is 0. The minimum Gasteiger partial charge on any atom is -0.477 e. The van der Waals surface area contributed by atoms with Crippen molar-refractivity contribution in [1.29, 1.82) is 5.41 Å². The lowest BCUT2D eigenvalue weighted by molar-refractivity contribution is -0.150. The number of amidine groups is 1. The fourth-order valence-electron chi connectivity index (χ4n) is 2.74. The number of nitrogens with one attached hydrogen (secondary N) is 2. The Balaban J connectivity index is 1.78. The van der Waals surface area contributed by atoms with Gasteiger partial charge in [0.05, 0.1) is 0 Å². The normalized spacial score (nSPS) is 21.1. The second kappa shape index (κ2) is 9.29. The van der Waals surface area contributed by atoms with E-state index in [-0.39, 0.29) is 28.1 Å². The van der Waals surface area contributed by atoms with Gasteiger partial charge in [-0.2, -0.15) is 0 Å². The van der Waals surface area contributed by atoms with Crippen LogP contribution in [0, 0.1) is 5.41 Å². The number of β-lactam (4-membered cyclic amide) rings is 1. The van der Waals surface area contributed by atoms with Crippen LogP contribution in [0.5, 0.6) is 0 Å². The van der Waals surface area contributed by atoms with Gasteiger partial charge >= 0.3 is 5.97 Å². The molecule has 3 heterocycles. The van der Waals surface area contributed by atoms with Gasteiger partial charge in [0.15, 0.2) is 10.8 Å². The van der Waals surface area contributed by atoms with Crippen molar-refractivity contribution in [2.24, 2.45) is 10.9 Å². The first-order chi connectivity index (χ1) is 14.6. The summed E-state index contributed by atoms with van der Waals surface area (Å²) in [4.78, 5) is 42.5. The second-order valence-corrected chi connectivity index (χ2v) is 10.4. The standard InChI is InChI=1S/C15H14BrN7O5S3/c16-10-6(21-15(19)31-10)7(22-28)11(24)20-8-12(25)23-9(14(26)27)4(3-30-13(8)23)29-2-1-5(17)18/h1-2,8,13,28H,3H2,(H3,17,18)(H2,19,21)(H,20,24)(H,26,27)/b2-1+,22-7-/t8?,13-/m1/s1. The number of aliphatic carboxylic acids is 1. The van der Waals surface area contributed by atoms with Crippen LogP contribution in [0.3, 0.4) is 0 Å². The molecule has 16 heteroatoms. The highest BCUT2D eigenvalue weighted by Crippen LogP contribution is 2.43. The van der Waals surface area contributed by atoms with Crippen LogP contribution in [0.25, 0.3) is 0 Å². The predicted molar refractivity (Wildman–Crippen MR) is 121 cm³/mol. The first-order valence-corrected chi connectivity index (χ1v) is 11.7. The van der Waals surface area contributed by atoms with Crippen molar-refractivity contribution in [3.8, 4) is 0 Å². The molecule has 1 saturated heterocycles. The van der Waals surface area contributed by atoms with Crippen LogP contribution < -0.4 is 16.8 Å². The SMILES string of the molecule is N=C(N)/C=C/SC1=C(C(=O)O)N2C(=O)C(NC(=O)/C(=N\O)c3nc(N)sc3Br)[C@H]2SC1. The summed E-state index contributed by atoms with van der Waals surface area (Å²) >= 11 is 6.52. The Morgan fingerprint density at radius 2 is 2.19 bits per heavy atom. The van der Waals surface area contributed by atoms with Crippen LogP contribution in [0.1, 0.15) is 5.69 Å². The van der Waals surface area contributed by atoms with Gasteiger partial charge in [-0.3, -0.25) is 19.9 Å². The van der Waals surface area contributed by atoms with E-state index in [2.05, 4.69) is 31.4 Å². The Hall–Kier alpha value is -2.56. The number of aromatic nitrogens is 1. The number of carboxylic acid groups (broad SMARTS) is 1. The number of carbonyl (C=O) groups is 3. The van der Waals surface area contributed by atoms with Crippen LogP contribution in [0.4, 0.5) is 5.13 Å². The van der Waals surface area contributed by atoms with Gasteiger partial charge in [-0.15, -0.1) is 11.8 Å². The Morgan fingerprint density at radius 3 is 2.74 bits per heavy atom. The molecular weight excluding hydrogens is 534 g/mol. The summed E-state index contributed by atoms with van der Waals surface area (Å²) < 4.78 is 0.373. The molecule has 1 unspecified atom stereocenters. The summed E-state index contributed by atoms with van der Waals surface area (Å²) in [5.74, 6) is -2.70. The maximum Gasteiger partial charge on any atom is 0.353 e. The van der Waals surface area contributed by atoms with Gasteiger partial charge in [-0.05, 0) is 27.4 Å². The number of rotatable bonds is 7. The summed E-state index contributed by atoms with van der Waals surface area (Å²) in [5.41, 5.74) is 10.2. The molecule has 0 bridgehead atoms. The number of nitrogen functional groups attached to an aromatic ring is 1. The number of carboxylic acids is 1. The average molecular weight is 548 g/mol. The van der Waals surface area contributed by atoms with Gasteiger partial charge < -0.3 is 27.1 Å². The molecule has 2 amide bonds. The Kier molecular flexibility index (Phi) is 6.93. The molecule has 8 N–H and O–H groups in total. The number of carbonyl (C=O) groups excluding carboxylic acids is 2. The van der Waals surface area contributed by atoms with E-state index in [9.17, 15) is 24.7 Å². The lowest BCUT2D eigenvalue weighted by Crippen LogP contribution is -2.71. The zero-order chi connectivity index (χ0) is 22.9. The molecule has 0 aromatic carbocycles. The number of nitrogens with two attached hydrogens (primary N) is 2. The summed E-state index contributed by atoms with van der Waals surface area (Å²) in [5, 5.41) is 32.4. The molecule has 2 aliphatic rings. The quantitative estimate of drug-likeness (QED) is 0.0916. The molecule has 3 rings (SSSR count). The molecule has 0 radical (unpaired) electrons. The lowest BCUT2D eigenvalue weighted by Gasteiger charge is -2.49.